The number of sulfonamides is 1. The highest BCUT2D eigenvalue weighted by Gasteiger charge is 2.36. The van der Waals surface area contributed by atoms with Gasteiger partial charge in [-0.3, -0.25) is 0 Å². The molecule has 1 aliphatic rings. The van der Waals surface area contributed by atoms with E-state index in [1.807, 2.05) is 20.9 Å². The van der Waals surface area contributed by atoms with Crippen molar-refractivity contribution in [1.29, 1.82) is 0 Å². The van der Waals surface area contributed by atoms with Crippen molar-refractivity contribution < 1.29 is 8.42 Å². The molecule has 1 heterocycles. The summed E-state index contributed by atoms with van der Waals surface area (Å²) in [5, 5.41) is 4.77. The lowest BCUT2D eigenvalue weighted by molar-refractivity contribution is 0.109. The fourth-order valence-electron chi connectivity index (χ4n) is 1.74. The predicted molar refractivity (Wildman–Crippen MR) is 60.1 cm³/mol. The van der Waals surface area contributed by atoms with Gasteiger partial charge in [-0.15, -0.1) is 12.4 Å². The minimum absolute atomic E-state index is 0. The first-order valence-electron chi connectivity index (χ1n) is 4.46. The van der Waals surface area contributed by atoms with Gasteiger partial charge in [0.05, 0.1) is 5.25 Å². The van der Waals surface area contributed by atoms with Crippen LogP contribution in [-0.4, -0.2) is 37.7 Å². The molecule has 1 saturated heterocycles. The van der Waals surface area contributed by atoms with E-state index in [1.165, 1.54) is 0 Å². The zero-order chi connectivity index (χ0) is 10.3. The number of hydrogen-bond acceptors (Lipinski definition) is 3. The predicted octanol–water partition coefficient (Wildman–Crippen LogP) is 0.570. The van der Waals surface area contributed by atoms with E-state index in [2.05, 4.69) is 4.90 Å². The summed E-state index contributed by atoms with van der Waals surface area (Å²) in [6.45, 7) is 4.89. The quantitative estimate of drug-likeness (QED) is 0.731. The van der Waals surface area contributed by atoms with Crippen molar-refractivity contribution >= 4 is 22.4 Å². The van der Waals surface area contributed by atoms with Crippen LogP contribution in [0.2, 0.25) is 0 Å². The Kier molecular flexibility index (Phi) is 4.40. The third-order valence-electron chi connectivity index (χ3n) is 3.01. The zero-order valence-corrected chi connectivity index (χ0v) is 10.5. The van der Waals surface area contributed by atoms with Gasteiger partial charge in [-0.2, -0.15) is 0 Å². The van der Waals surface area contributed by atoms with Gasteiger partial charge in [-0.25, -0.2) is 13.6 Å². The van der Waals surface area contributed by atoms with Gasteiger partial charge in [0.2, 0.25) is 10.0 Å². The van der Waals surface area contributed by atoms with Crippen molar-refractivity contribution in [2.45, 2.75) is 37.5 Å². The Morgan fingerprint density at radius 1 is 1.43 bits per heavy atom. The van der Waals surface area contributed by atoms with Crippen LogP contribution in [0.3, 0.4) is 0 Å². The molecule has 0 radical (unpaired) electrons. The van der Waals surface area contributed by atoms with Crippen molar-refractivity contribution in [2.75, 3.05) is 13.6 Å². The molecule has 86 valence electrons. The lowest BCUT2D eigenvalue weighted by Crippen LogP contribution is -2.52. The van der Waals surface area contributed by atoms with Crippen LogP contribution < -0.4 is 5.14 Å². The Morgan fingerprint density at radius 3 is 2.29 bits per heavy atom. The molecular formula is C8H19ClN2O2S. The molecule has 1 fully saturated rings. The lowest BCUT2D eigenvalue weighted by Gasteiger charge is -2.42. The summed E-state index contributed by atoms with van der Waals surface area (Å²) >= 11 is 0. The Bertz CT molecular complexity index is 290. The average molecular weight is 243 g/mol. The topological polar surface area (TPSA) is 63.4 Å². The van der Waals surface area contributed by atoms with Crippen molar-refractivity contribution in [2.24, 2.45) is 5.14 Å². The lowest BCUT2D eigenvalue weighted by atomic mass is 9.91. The van der Waals surface area contributed by atoms with E-state index in [1.54, 1.807) is 0 Å². The molecule has 0 bridgehead atoms. The van der Waals surface area contributed by atoms with Gasteiger partial charge in [0, 0.05) is 5.54 Å². The molecular weight excluding hydrogens is 224 g/mol. The summed E-state index contributed by atoms with van der Waals surface area (Å²) in [6, 6.07) is 0. The number of nitrogens with two attached hydrogens (primary N) is 1. The first kappa shape index (κ1) is 14.2. The molecule has 1 atom stereocenters. The summed E-state index contributed by atoms with van der Waals surface area (Å²) in [4.78, 5) is 2.18. The van der Waals surface area contributed by atoms with Gasteiger partial charge < -0.3 is 4.90 Å². The van der Waals surface area contributed by atoms with E-state index in [0.29, 0.717) is 12.8 Å². The van der Waals surface area contributed by atoms with Gasteiger partial charge in [0.15, 0.2) is 0 Å². The van der Waals surface area contributed by atoms with E-state index in [9.17, 15) is 8.42 Å². The van der Waals surface area contributed by atoms with Crippen molar-refractivity contribution in [3.8, 4) is 0 Å². The molecule has 0 amide bonds. The summed E-state index contributed by atoms with van der Waals surface area (Å²) in [5.74, 6) is 0. The van der Waals surface area contributed by atoms with Gasteiger partial charge in [-0.05, 0) is 40.3 Å². The molecule has 0 aromatic carbocycles. The van der Waals surface area contributed by atoms with Gasteiger partial charge >= 0.3 is 0 Å². The molecule has 14 heavy (non-hydrogen) atoms. The molecule has 0 aromatic rings. The van der Waals surface area contributed by atoms with Crippen molar-refractivity contribution in [3.05, 3.63) is 0 Å². The largest absolute Gasteiger partial charge is 0.301 e. The third kappa shape index (κ3) is 3.08. The fourth-order valence-corrected chi connectivity index (χ4v) is 2.81. The van der Waals surface area contributed by atoms with E-state index in [0.717, 1.165) is 6.54 Å². The second-order valence-corrected chi connectivity index (χ2v) is 6.28. The highest BCUT2D eigenvalue weighted by molar-refractivity contribution is 7.89. The molecule has 1 unspecified atom stereocenters. The molecule has 4 nitrogen and oxygen atoms in total. The standard InChI is InChI=1S/C8H18N2O2S.ClH/c1-8(2)6-7(13(9,11)12)4-5-10(8)3;/h7H,4-6H2,1-3H3,(H2,9,11,12);1H. The minimum atomic E-state index is -3.35. The second kappa shape index (κ2) is 4.35. The second-order valence-electron chi connectivity index (χ2n) is 4.44. The summed E-state index contributed by atoms with van der Waals surface area (Å²) in [7, 11) is -1.33. The number of hydrogen-bond donors (Lipinski definition) is 1. The Balaban J connectivity index is 0.00000169. The van der Waals surface area contributed by atoms with E-state index in [4.69, 9.17) is 5.14 Å². The number of rotatable bonds is 1. The first-order chi connectivity index (χ1) is 5.73. The van der Waals surface area contributed by atoms with Gasteiger partial charge in [0.25, 0.3) is 0 Å². The average Bonchev–Trinajstić information content (AvgIpc) is 1.92. The van der Waals surface area contributed by atoms with Crippen LogP contribution in [0.15, 0.2) is 0 Å². The molecule has 6 heteroatoms. The number of nitrogens with zero attached hydrogens (tertiary/aromatic N) is 1. The van der Waals surface area contributed by atoms with Crippen LogP contribution in [0.1, 0.15) is 26.7 Å². The number of piperidine rings is 1. The molecule has 0 aromatic heterocycles. The van der Waals surface area contributed by atoms with Crippen molar-refractivity contribution in [3.63, 3.8) is 0 Å². The minimum Gasteiger partial charge on any atom is -0.301 e. The Morgan fingerprint density at radius 2 is 1.93 bits per heavy atom. The number of primary sulfonamides is 1. The van der Waals surface area contributed by atoms with Crippen LogP contribution in [0, 0.1) is 0 Å². The summed E-state index contributed by atoms with van der Waals surface area (Å²) < 4.78 is 22.3. The van der Waals surface area contributed by atoms with Crippen LogP contribution in [0.5, 0.6) is 0 Å². The van der Waals surface area contributed by atoms with Crippen LogP contribution in [-0.2, 0) is 10.0 Å². The highest BCUT2D eigenvalue weighted by Crippen LogP contribution is 2.28. The van der Waals surface area contributed by atoms with Crippen LogP contribution in [0.4, 0.5) is 0 Å². The maximum Gasteiger partial charge on any atom is 0.212 e. The monoisotopic (exact) mass is 242 g/mol. The first-order valence-corrected chi connectivity index (χ1v) is 6.07. The molecule has 0 aliphatic carbocycles. The van der Waals surface area contributed by atoms with Crippen LogP contribution >= 0.6 is 12.4 Å². The van der Waals surface area contributed by atoms with Crippen LogP contribution in [0.25, 0.3) is 0 Å². The molecule has 2 N–H and O–H groups in total. The number of halogens is 1. The van der Waals surface area contributed by atoms with Gasteiger partial charge in [-0.1, -0.05) is 0 Å². The molecule has 0 saturated carbocycles. The SMILES string of the molecule is CN1CCC(S(N)(=O)=O)CC1(C)C.Cl. The van der Waals surface area contributed by atoms with Gasteiger partial charge in [0.1, 0.15) is 0 Å². The fraction of sp³-hybridized carbons (Fsp3) is 1.00. The Labute approximate surface area is 92.3 Å². The van der Waals surface area contributed by atoms with Crippen molar-refractivity contribution in [1.82, 2.24) is 4.90 Å². The zero-order valence-electron chi connectivity index (χ0n) is 8.86. The summed E-state index contributed by atoms with van der Waals surface area (Å²) in [5.41, 5.74) is -0.0602. The Hall–Kier alpha value is 0.160. The maximum absolute atomic E-state index is 11.1. The normalized spacial score (nSPS) is 28.1. The molecule has 0 spiro atoms. The van der Waals surface area contributed by atoms with E-state index >= 15 is 0 Å². The smallest absolute Gasteiger partial charge is 0.212 e. The molecule has 1 rings (SSSR count). The summed E-state index contributed by atoms with van der Waals surface area (Å²) in [6.07, 6.45) is 1.28. The van der Waals surface area contributed by atoms with E-state index < -0.39 is 10.0 Å². The third-order valence-corrected chi connectivity index (χ3v) is 4.34. The highest BCUT2D eigenvalue weighted by atomic mass is 35.5. The van der Waals surface area contributed by atoms with E-state index in [-0.39, 0.29) is 23.2 Å². The number of likely N-dealkylation sites (tertiary alicyclic amines) is 1. The maximum atomic E-state index is 11.1. The molecule has 1 aliphatic heterocycles.